The van der Waals surface area contributed by atoms with Gasteiger partial charge in [-0.25, -0.2) is 17.6 Å². The third-order valence-corrected chi connectivity index (χ3v) is 7.04. The van der Waals surface area contributed by atoms with Gasteiger partial charge < -0.3 is 15.0 Å². The Morgan fingerprint density at radius 2 is 2.07 bits per heavy atom. The van der Waals surface area contributed by atoms with Gasteiger partial charge in [-0.15, -0.1) is 0 Å². The highest BCUT2D eigenvalue weighted by atomic mass is 32.2. The molecule has 2 saturated heterocycles. The Morgan fingerprint density at radius 3 is 2.70 bits per heavy atom. The van der Waals surface area contributed by atoms with Crippen molar-refractivity contribution in [2.45, 2.75) is 17.4 Å². The number of halogens is 1. The van der Waals surface area contributed by atoms with Gasteiger partial charge in [-0.05, 0) is 12.1 Å². The van der Waals surface area contributed by atoms with Crippen molar-refractivity contribution >= 4 is 21.6 Å². The maximum atomic E-state index is 13.0. The molecule has 0 bridgehead atoms. The molecule has 1 spiro atoms. The Hall–Kier alpha value is -2.46. The molecule has 144 valence electrons. The number of aromatic nitrogens is 2. The lowest BCUT2D eigenvalue weighted by Gasteiger charge is -2.51. The molecule has 4 rings (SSSR count). The number of ether oxygens (including phenoxy) is 1. The zero-order valence-corrected chi connectivity index (χ0v) is 15.2. The zero-order valence-electron chi connectivity index (χ0n) is 14.4. The van der Waals surface area contributed by atoms with Crippen molar-refractivity contribution in [3.8, 4) is 0 Å². The molecule has 2 aliphatic rings. The van der Waals surface area contributed by atoms with E-state index in [4.69, 9.17) is 4.74 Å². The van der Waals surface area contributed by atoms with E-state index in [0.717, 1.165) is 12.4 Å². The number of likely N-dealkylation sites (tertiary alicyclic amines) is 1. The van der Waals surface area contributed by atoms with E-state index in [2.05, 4.69) is 10.4 Å². The quantitative estimate of drug-likeness (QED) is 0.842. The first-order valence-corrected chi connectivity index (χ1v) is 10.2. The number of carbonyl (C=O) groups excluding carboxylic acids is 1. The summed E-state index contributed by atoms with van der Waals surface area (Å²) >= 11 is 0. The monoisotopic (exact) mass is 394 g/mol. The van der Waals surface area contributed by atoms with E-state index in [9.17, 15) is 17.6 Å². The van der Waals surface area contributed by atoms with Crippen molar-refractivity contribution in [2.24, 2.45) is 0 Å². The van der Waals surface area contributed by atoms with Crippen LogP contribution in [-0.2, 0) is 21.1 Å². The Kier molecular flexibility index (Phi) is 4.39. The smallest absolute Gasteiger partial charge is 0.322 e. The number of hydrogen-bond acceptors (Lipinski definition) is 5. The molecule has 2 aliphatic heterocycles. The number of para-hydroxylation sites is 1. The third-order valence-electron chi connectivity index (χ3n) is 4.81. The van der Waals surface area contributed by atoms with E-state index in [-0.39, 0.29) is 38.0 Å². The Bertz CT molecular complexity index is 941. The first-order valence-electron chi connectivity index (χ1n) is 8.50. The molecule has 10 heteroatoms. The molecule has 0 aliphatic carbocycles. The summed E-state index contributed by atoms with van der Waals surface area (Å²) in [6.45, 7) is 0.473. The number of hydrogen-bond donors (Lipinski definition) is 1. The summed E-state index contributed by atoms with van der Waals surface area (Å²) in [7, 11) is -3.46. The van der Waals surface area contributed by atoms with Crippen LogP contribution in [-0.4, -0.2) is 65.4 Å². The van der Waals surface area contributed by atoms with Crippen molar-refractivity contribution in [1.82, 2.24) is 14.7 Å². The maximum Gasteiger partial charge on any atom is 0.322 e. The van der Waals surface area contributed by atoms with Crippen LogP contribution in [0.4, 0.5) is 14.9 Å². The summed E-state index contributed by atoms with van der Waals surface area (Å²) < 4.78 is 45.4. The molecule has 1 atom stereocenters. The fourth-order valence-corrected chi connectivity index (χ4v) is 5.30. The minimum atomic E-state index is -3.46. The second kappa shape index (κ2) is 6.61. The first-order chi connectivity index (χ1) is 12.9. The number of nitrogens with one attached hydrogen (secondary N) is 1. The van der Waals surface area contributed by atoms with Gasteiger partial charge in [0.15, 0.2) is 15.7 Å². The normalized spacial score (nSPS) is 23.0. The van der Waals surface area contributed by atoms with Crippen LogP contribution in [0.1, 0.15) is 0 Å². The fourth-order valence-electron chi connectivity index (χ4n) is 3.41. The topological polar surface area (TPSA) is 93.5 Å². The molecule has 27 heavy (non-hydrogen) atoms. The van der Waals surface area contributed by atoms with E-state index in [1.807, 2.05) is 18.2 Å². The van der Waals surface area contributed by atoms with Crippen LogP contribution in [0.25, 0.3) is 0 Å². The van der Waals surface area contributed by atoms with Gasteiger partial charge in [0, 0.05) is 5.69 Å². The summed E-state index contributed by atoms with van der Waals surface area (Å²) in [5.74, 6) is -0.677. The van der Waals surface area contributed by atoms with Gasteiger partial charge in [-0.3, -0.25) is 4.68 Å². The number of urea groups is 1. The Morgan fingerprint density at radius 1 is 1.33 bits per heavy atom. The minimum absolute atomic E-state index is 0.00203. The predicted octanol–water partition coefficient (Wildman–Crippen LogP) is 1.12. The molecule has 1 N–H and O–H groups in total. The highest BCUT2D eigenvalue weighted by Gasteiger charge is 2.54. The van der Waals surface area contributed by atoms with Gasteiger partial charge in [-0.2, -0.15) is 5.10 Å². The van der Waals surface area contributed by atoms with Crippen LogP contribution in [0.2, 0.25) is 0 Å². The summed E-state index contributed by atoms with van der Waals surface area (Å²) in [5.41, 5.74) is -0.189. The lowest BCUT2D eigenvalue weighted by atomic mass is 9.96. The van der Waals surface area contributed by atoms with Gasteiger partial charge in [0.05, 0.1) is 44.4 Å². The van der Waals surface area contributed by atoms with E-state index < -0.39 is 26.5 Å². The second-order valence-corrected chi connectivity index (χ2v) is 9.24. The second-order valence-electron chi connectivity index (χ2n) is 6.96. The number of sulfone groups is 1. The molecular formula is C17H19FN4O4S. The average molecular weight is 394 g/mol. The van der Waals surface area contributed by atoms with Crippen LogP contribution in [0, 0.1) is 5.82 Å². The molecule has 0 unspecified atom stereocenters. The number of carbonyl (C=O) groups is 1. The van der Waals surface area contributed by atoms with E-state index in [1.165, 1.54) is 9.58 Å². The van der Waals surface area contributed by atoms with Crippen molar-refractivity contribution in [3.05, 3.63) is 48.5 Å². The number of nitrogens with zero attached hydrogens (tertiary/aromatic N) is 3. The molecule has 2 aromatic rings. The van der Waals surface area contributed by atoms with Gasteiger partial charge in [0.25, 0.3) is 0 Å². The highest BCUT2D eigenvalue weighted by molar-refractivity contribution is 7.92. The van der Waals surface area contributed by atoms with Gasteiger partial charge >= 0.3 is 6.03 Å². The van der Waals surface area contributed by atoms with Crippen LogP contribution in [0.3, 0.4) is 0 Å². The van der Waals surface area contributed by atoms with Gasteiger partial charge in [-0.1, -0.05) is 18.2 Å². The van der Waals surface area contributed by atoms with Gasteiger partial charge in [0.2, 0.25) is 0 Å². The lowest BCUT2D eigenvalue weighted by molar-refractivity contribution is -0.117. The Balaban J connectivity index is 1.35. The minimum Gasteiger partial charge on any atom is -0.369 e. The standard InChI is InChI=1S/C17H19FN4O4S/c18-13-6-19-22(7-13)8-15-9-26-17(12-27(15,24)25)10-21(11-17)16(23)20-14-4-2-1-3-5-14/h1-7,15H,8-12H2,(H,20,23)/t15-/m0/s1. The van der Waals surface area contributed by atoms with Crippen molar-refractivity contribution in [1.29, 1.82) is 0 Å². The van der Waals surface area contributed by atoms with Crippen molar-refractivity contribution in [3.63, 3.8) is 0 Å². The molecule has 2 fully saturated rings. The molecule has 8 nitrogen and oxygen atoms in total. The van der Waals surface area contributed by atoms with E-state index in [1.54, 1.807) is 12.1 Å². The summed E-state index contributed by atoms with van der Waals surface area (Å²) in [5, 5.41) is 5.76. The van der Waals surface area contributed by atoms with Gasteiger partial charge in [0.1, 0.15) is 10.9 Å². The Labute approximate surface area is 155 Å². The molecular weight excluding hydrogens is 375 g/mol. The SMILES string of the molecule is O=C(Nc1ccccc1)N1CC2(C1)CS(=O)(=O)[C@@H](Cn1cc(F)cn1)CO2. The molecule has 0 saturated carbocycles. The third kappa shape index (κ3) is 3.67. The summed E-state index contributed by atoms with van der Waals surface area (Å²) in [4.78, 5) is 13.8. The first kappa shape index (κ1) is 17.9. The average Bonchev–Trinajstić information content (AvgIpc) is 3.00. The summed E-state index contributed by atoms with van der Waals surface area (Å²) in [6, 6.07) is 8.74. The highest BCUT2D eigenvalue weighted by Crippen LogP contribution is 2.33. The van der Waals surface area contributed by atoms with E-state index >= 15 is 0 Å². The van der Waals surface area contributed by atoms with E-state index in [0.29, 0.717) is 5.69 Å². The molecule has 1 aromatic carbocycles. The van der Waals surface area contributed by atoms with Crippen LogP contribution >= 0.6 is 0 Å². The van der Waals surface area contributed by atoms with Crippen LogP contribution in [0.5, 0.6) is 0 Å². The molecule has 3 heterocycles. The van der Waals surface area contributed by atoms with Crippen LogP contribution < -0.4 is 5.32 Å². The fraction of sp³-hybridized carbons (Fsp3) is 0.412. The molecule has 2 amide bonds. The largest absolute Gasteiger partial charge is 0.369 e. The number of anilines is 1. The summed E-state index contributed by atoms with van der Waals surface area (Å²) in [6.07, 6.45) is 2.19. The number of rotatable bonds is 3. The number of amides is 2. The molecule has 1 aromatic heterocycles. The maximum absolute atomic E-state index is 13.0. The lowest BCUT2D eigenvalue weighted by Crippen LogP contribution is -2.71. The van der Waals surface area contributed by atoms with Crippen molar-refractivity contribution in [2.75, 3.05) is 30.8 Å². The van der Waals surface area contributed by atoms with Crippen molar-refractivity contribution < 1.29 is 22.3 Å². The van der Waals surface area contributed by atoms with Crippen LogP contribution in [0.15, 0.2) is 42.7 Å². The number of benzene rings is 1. The predicted molar refractivity (Wildman–Crippen MR) is 95.5 cm³/mol. The zero-order chi connectivity index (χ0) is 19.1. The molecule has 0 radical (unpaired) electrons.